The topological polar surface area (TPSA) is 0 Å². The van der Waals surface area contributed by atoms with Crippen LogP contribution < -0.4 is 0 Å². The van der Waals surface area contributed by atoms with Gasteiger partial charge in [0.05, 0.1) is 0 Å². The summed E-state index contributed by atoms with van der Waals surface area (Å²) in [6.07, 6.45) is 2.00. The number of hydrogen-bond acceptors (Lipinski definition) is 0. The van der Waals surface area contributed by atoms with Gasteiger partial charge in [-0.25, -0.2) is 0 Å². The maximum atomic E-state index is 2.00. The van der Waals surface area contributed by atoms with Gasteiger partial charge in [-0.05, 0) is 0 Å². The van der Waals surface area contributed by atoms with Gasteiger partial charge in [0.25, 0.3) is 0 Å². The Morgan fingerprint density at radius 2 is 1.00 bits per heavy atom. The Labute approximate surface area is 67.6 Å². The van der Waals surface area contributed by atoms with E-state index in [0.29, 0.717) is 0 Å². The molecule has 0 aromatic carbocycles. The van der Waals surface area contributed by atoms with E-state index < -0.39 is 0 Å². The van der Waals surface area contributed by atoms with Crippen molar-refractivity contribution in [3.05, 3.63) is 21.3 Å². The quantitative estimate of drug-likeness (QED) is 0.478. The molecular formula is C5H13Y. The zero-order valence-electron chi connectivity index (χ0n) is 5.15. The van der Waals surface area contributed by atoms with Crippen LogP contribution in [0.2, 0.25) is 0 Å². The SMILES string of the molecule is C[CH-]C.[CH3-].[CH3-].[Y+3]. The Morgan fingerprint density at radius 3 is 1.00 bits per heavy atom. The molecule has 1 heteroatoms. The standard InChI is InChI=1S/C3H7.2CH3.Y/c1-3-2;;;/h3H,1-2H3;2*1H3;/q3*-1;+3. The van der Waals surface area contributed by atoms with E-state index in [4.69, 9.17) is 0 Å². The zero-order valence-corrected chi connectivity index (χ0v) is 7.99. The van der Waals surface area contributed by atoms with Crippen molar-refractivity contribution >= 4 is 0 Å². The second-order valence-electron chi connectivity index (χ2n) is 0.577. The molecule has 0 aliphatic carbocycles. The van der Waals surface area contributed by atoms with E-state index in [1.807, 2.05) is 20.3 Å². The summed E-state index contributed by atoms with van der Waals surface area (Å²) in [6, 6.07) is 0. The largest absolute Gasteiger partial charge is 3.00 e. The van der Waals surface area contributed by atoms with Crippen LogP contribution in [0, 0.1) is 21.3 Å². The molecule has 0 aromatic rings. The molecular weight excluding hydrogens is 149 g/mol. The van der Waals surface area contributed by atoms with Crippen LogP contribution >= 0.6 is 0 Å². The van der Waals surface area contributed by atoms with Gasteiger partial charge in [0.2, 0.25) is 0 Å². The average molecular weight is 162 g/mol. The van der Waals surface area contributed by atoms with E-state index in [9.17, 15) is 0 Å². The van der Waals surface area contributed by atoms with Crippen LogP contribution in [0.3, 0.4) is 0 Å². The molecule has 0 N–H and O–H groups in total. The molecule has 0 unspecified atom stereocenters. The summed E-state index contributed by atoms with van der Waals surface area (Å²) in [4.78, 5) is 0. The van der Waals surface area contributed by atoms with Gasteiger partial charge < -0.3 is 21.3 Å². The monoisotopic (exact) mass is 162 g/mol. The third kappa shape index (κ3) is 70.5. The molecule has 0 nitrogen and oxygen atoms in total. The molecule has 6 heavy (non-hydrogen) atoms. The fourth-order valence-electron chi connectivity index (χ4n) is 0. The minimum atomic E-state index is 0. The van der Waals surface area contributed by atoms with Gasteiger partial charge >= 0.3 is 32.7 Å². The summed E-state index contributed by atoms with van der Waals surface area (Å²) in [5, 5.41) is 0. The van der Waals surface area contributed by atoms with Crippen LogP contribution in [0.25, 0.3) is 0 Å². The van der Waals surface area contributed by atoms with Gasteiger partial charge in [0, 0.05) is 0 Å². The van der Waals surface area contributed by atoms with E-state index >= 15 is 0 Å². The second kappa shape index (κ2) is 35.9. The van der Waals surface area contributed by atoms with Crippen LogP contribution in [-0.2, 0) is 32.7 Å². The minimum absolute atomic E-state index is 0. The van der Waals surface area contributed by atoms with Crippen molar-refractivity contribution in [1.29, 1.82) is 0 Å². The van der Waals surface area contributed by atoms with Crippen molar-refractivity contribution in [1.82, 2.24) is 0 Å². The maximum absolute atomic E-state index is 2.00. The van der Waals surface area contributed by atoms with Gasteiger partial charge in [0.15, 0.2) is 0 Å². The molecule has 0 bridgehead atoms. The first kappa shape index (κ1) is 27.5. The summed E-state index contributed by atoms with van der Waals surface area (Å²) in [5.74, 6) is 0. The molecule has 0 amide bonds. The number of rotatable bonds is 0. The Kier molecular flexibility index (Phi) is 164. The molecule has 0 fully saturated rings. The molecule has 0 radical (unpaired) electrons. The molecule has 36 valence electrons. The van der Waals surface area contributed by atoms with E-state index in [1.165, 1.54) is 0 Å². The summed E-state index contributed by atoms with van der Waals surface area (Å²) >= 11 is 0. The molecule has 0 aliphatic rings. The Hall–Kier alpha value is 1.10. The Bertz CT molecular complexity index is 3.90. The third-order valence-electron chi connectivity index (χ3n) is 0. The fraction of sp³-hybridized carbons (Fsp3) is 0.400. The normalized spacial score (nSPS) is 3.00. The molecule has 0 spiro atoms. The van der Waals surface area contributed by atoms with Crippen molar-refractivity contribution in [3.8, 4) is 0 Å². The molecule has 0 rings (SSSR count). The zero-order chi connectivity index (χ0) is 2.71. The smallest absolute Gasteiger partial charge is 0.358 e. The first-order chi connectivity index (χ1) is 1.41. The first-order valence-electron chi connectivity index (χ1n) is 1.15. The van der Waals surface area contributed by atoms with Gasteiger partial charge in [-0.15, -0.1) is 0 Å². The molecule has 0 atom stereocenters. The summed E-state index contributed by atoms with van der Waals surface area (Å²) in [6.45, 7) is 4.00. The van der Waals surface area contributed by atoms with E-state index in [2.05, 4.69) is 0 Å². The van der Waals surface area contributed by atoms with Crippen molar-refractivity contribution < 1.29 is 32.7 Å². The van der Waals surface area contributed by atoms with Crippen LogP contribution in [0.4, 0.5) is 0 Å². The van der Waals surface area contributed by atoms with Gasteiger partial charge in [-0.3, -0.25) is 0 Å². The molecule has 0 saturated carbocycles. The van der Waals surface area contributed by atoms with Crippen molar-refractivity contribution in [2.75, 3.05) is 0 Å². The van der Waals surface area contributed by atoms with Crippen LogP contribution in [0.5, 0.6) is 0 Å². The van der Waals surface area contributed by atoms with Crippen LogP contribution in [0.1, 0.15) is 13.8 Å². The maximum Gasteiger partial charge on any atom is 3.00 e. The molecule has 0 heterocycles. The van der Waals surface area contributed by atoms with Crippen molar-refractivity contribution in [3.63, 3.8) is 0 Å². The number of hydrogen-bond donors (Lipinski definition) is 0. The summed E-state index contributed by atoms with van der Waals surface area (Å²) in [5.41, 5.74) is 0. The molecule has 0 saturated heterocycles. The van der Waals surface area contributed by atoms with E-state index in [-0.39, 0.29) is 47.6 Å². The fourth-order valence-corrected chi connectivity index (χ4v) is 0. The van der Waals surface area contributed by atoms with E-state index in [0.717, 1.165) is 0 Å². The van der Waals surface area contributed by atoms with Gasteiger partial charge in [-0.2, -0.15) is 13.8 Å². The van der Waals surface area contributed by atoms with Gasteiger partial charge in [0.1, 0.15) is 0 Å². The Morgan fingerprint density at radius 1 is 1.00 bits per heavy atom. The van der Waals surface area contributed by atoms with Gasteiger partial charge in [-0.1, -0.05) is 0 Å². The predicted octanol–water partition coefficient (Wildman–Crippen LogP) is 2.13. The van der Waals surface area contributed by atoms with Crippen molar-refractivity contribution in [2.45, 2.75) is 13.8 Å². The second-order valence-corrected chi connectivity index (χ2v) is 0.577. The predicted molar refractivity (Wildman–Crippen MR) is 28.5 cm³/mol. The van der Waals surface area contributed by atoms with Crippen molar-refractivity contribution in [2.24, 2.45) is 0 Å². The molecule has 0 aromatic heterocycles. The van der Waals surface area contributed by atoms with E-state index in [1.54, 1.807) is 0 Å². The minimum Gasteiger partial charge on any atom is -0.358 e. The summed E-state index contributed by atoms with van der Waals surface area (Å²) < 4.78 is 0. The average Bonchev–Trinajstić information content (AvgIpc) is 0.918. The van der Waals surface area contributed by atoms with Crippen LogP contribution in [-0.4, -0.2) is 0 Å². The summed E-state index contributed by atoms with van der Waals surface area (Å²) in [7, 11) is 0. The first-order valence-corrected chi connectivity index (χ1v) is 1.15. The Balaban J connectivity index is -0.00000000667. The molecule has 0 aliphatic heterocycles. The van der Waals surface area contributed by atoms with Crippen LogP contribution in [0.15, 0.2) is 0 Å². The third-order valence-corrected chi connectivity index (χ3v) is 0.